The fourth-order valence-electron chi connectivity index (χ4n) is 4.86. The highest BCUT2D eigenvalue weighted by atomic mass is 32.2. The van der Waals surface area contributed by atoms with E-state index >= 15 is 0 Å². The molecule has 2 aromatic heterocycles. The molecule has 5 aromatic carbocycles. The summed E-state index contributed by atoms with van der Waals surface area (Å²) in [7, 11) is -4.77. The molecular formula is C36H30N12O3S. The highest BCUT2D eigenvalue weighted by molar-refractivity contribution is 7.86. The monoisotopic (exact) mass is 710 g/mol. The quantitative estimate of drug-likeness (QED) is 0.0571. The van der Waals surface area contributed by atoms with Gasteiger partial charge < -0.3 is 31.9 Å². The number of hydrogen-bond donors (Lipinski definition) is 7. The van der Waals surface area contributed by atoms with Gasteiger partial charge in [0.2, 0.25) is 35.7 Å². The summed E-state index contributed by atoms with van der Waals surface area (Å²) in [6.07, 6.45) is 0. The zero-order valence-electron chi connectivity index (χ0n) is 27.1. The predicted molar refractivity (Wildman–Crippen MR) is 201 cm³/mol. The van der Waals surface area contributed by atoms with Gasteiger partial charge in [-0.05, 0) is 66.7 Å². The van der Waals surface area contributed by atoms with Gasteiger partial charge in [-0.3, -0.25) is 4.55 Å². The van der Waals surface area contributed by atoms with E-state index in [0.717, 1.165) is 22.7 Å². The molecule has 7 rings (SSSR count). The van der Waals surface area contributed by atoms with Crippen LogP contribution >= 0.6 is 0 Å². The van der Waals surface area contributed by atoms with Crippen LogP contribution in [-0.2, 0) is 10.1 Å². The molecular weight excluding hydrogens is 681 g/mol. The summed E-state index contributed by atoms with van der Waals surface area (Å²) in [6.45, 7) is 0. The first-order chi connectivity index (χ1) is 25.3. The Morgan fingerprint density at radius 2 is 0.654 bits per heavy atom. The van der Waals surface area contributed by atoms with Crippen molar-refractivity contribution in [2.24, 2.45) is 0 Å². The Hall–Kier alpha value is -7.17. The van der Waals surface area contributed by atoms with Gasteiger partial charge in [0, 0.05) is 28.4 Å². The van der Waals surface area contributed by atoms with Gasteiger partial charge in [0.25, 0.3) is 10.1 Å². The van der Waals surface area contributed by atoms with Gasteiger partial charge in [-0.15, -0.1) is 0 Å². The molecule has 0 fully saturated rings. The number of para-hydroxylation sites is 4. The first kappa shape index (κ1) is 33.3. The molecule has 0 spiro atoms. The second-order valence-corrected chi connectivity index (χ2v) is 12.4. The van der Waals surface area contributed by atoms with Crippen LogP contribution in [0.15, 0.2) is 144 Å². The van der Waals surface area contributed by atoms with Crippen molar-refractivity contribution in [1.82, 2.24) is 29.9 Å². The van der Waals surface area contributed by atoms with Crippen molar-refractivity contribution in [2.75, 3.05) is 31.9 Å². The molecule has 258 valence electrons. The minimum atomic E-state index is -4.77. The lowest BCUT2D eigenvalue weighted by atomic mass is 10.3. The van der Waals surface area contributed by atoms with Crippen LogP contribution < -0.4 is 31.9 Å². The van der Waals surface area contributed by atoms with E-state index in [1.165, 1.54) is 12.1 Å². The van der Waals surface area contributed by atoms with Gasteiger partial charge in [0.05, 0.1) is 5.69 Å². The van der Waals surface area contributed by atoms with Gasteiger partial charge in [0.15, 0.2) is 0 Å². The van der Waals surface area contributed by atoms with E-state index in [1.54, 1.807) is 6.07 Å². The highest BCUT2D eigenvalue weighted by Gasteiger charge is 2.19. The van der Waals surface area contributed by atoms with Crippen molar-refractivity contribution in [3.8, 4) is 0 Å². The SMILES string of the molecule is O=S(=O)(O)c1cc(Nc2nc(Nc3ccccc3)nc(Nc3ccccc3)n2)ccc1Nc1nc(Nc2ccccc2)nc(Nc2ccccc2)n1. The molecule has 15 nitrogen and oxygen atoms in total. The lowest BCUT2D eigenvalue weighted by Gasteiger charge is -2.15. The number of benzene rings is 5. The molecule has 7 aromatic rings. The van der Waals surface area contributed by atoms with Crippen molar-refractivity contribution < 1.29 is 13.0 Å². The van der Waals surface area contributed by atoms with E-state index in [9.17, 15) is 13.0 Å². The molecule has 0 aliphatic heterocycles. The molecule has 16 heteroatoms. The summed E-state index contributed by atoms with van der Waals surface area (Å²) >= 11 is 0. The summed E-state index contributed by atoms with van der Waals surface area (Å²) < 4.78 is 35.8. The van der Waals surface area contributed by atoms with E-state index in [-0.39, 0.29) is 47.1 Å². The van der Waals surface area contributed by atoms with Gasteiger partial charge in [0.1, 0.15) is 4.90 Å². The zero-order chi connectivity index (χ0) is 35.8. The molecule has 0 radical (unpaired) electrons. The van der Waals surface area contributed by atoms with Crippen molar-refractivity contribution in [1.29, 1.82) is 0 Å². The molecule has 2 heterocycles. The van der Waals surface area contributed by atoms with Crippen molar-refractivity contribution >= 4 is 79.9 Å². The lowest BCUT2D eigenvalue weighted by molar-refractivity contribution is 0.483. The number of rotatable bonds is 13. The molecule has 0 atom stereocenters. The Kier molecular flexibility index (Phi) is 9.72. The molecule has 0 saturated carbocycles. The molecule has 0 aliphatic rings. The molecule has 52 heavy (non-hydrogen) atoms. The molecule has 0 unspecified atom stereocenters. The number of anilines is 12. The lowest BCUT2D eigenvalue weighted by Crippen LogP contribution is -2.10. The van der Waals surface area contributed by atoms with Crippen molar-refractivity contribution in [3.63, 3.8) is 0 Å². The smallest absolute Gasteiger partial charge is 0.296 e. The summed E-state index contributed by atoms with van der Waals surface area (Å²) in [5.74, 6) is 0.921. The normalized spacial score (nSPS) is 10.9. The van der Waals surface area contributed by atoms with Crippen molar-refractivity contribution in [3.05, 3.63) is 140 Å². The van der Waals surface area contributed by atoms with Crippen LogP contribution in [0.4, 0.5) is 69.8 Å². The second kappa shape index (κ2) is 15.2. The zero-order valence-corrected chi connectivity index (χ0v) is 28.0. The van der Waals surface area contributed by atoms with Crippen LogP contribution in [0.3, 0.4) is 0 Å². The van der Waals surface area contributed by atoms with Gasteiger partial charge in [-0.1, -0.05) is 72.8 Å². The van der Waals surface area contributed by atoms with Crippen LogP contribution in [0.25, 0.3) is 0 Å². The van der Waals surface area contributed by atoms with Crippen LogP contribution in [0.5, 0.6) is 0 Å². The molecule has 0 bridgehead atoms. The maximum Gasteiger partial charge on any atom is 0.296 e. The first-order valence-electron chi connectivity index (χ1n) is 15.8. The summed E-state index contributed by atoms with van der Waals surface area (Å²) in [5, 5.41) is 18.5. The Morgan fingerprint density at radius 1 is 0.365 bits per heavy atom. The largest absolute Gasteiger partial charge is 0.324 e. The first-order valence-corrected chi connectivity index (χ1v) is 17.2. The molecule has 0 amide bonds. The second-order valence-electron chi connectivity index (χ2n) is 11.0. The topological polar surface area (TPSA) is 204 Å². The highest BCUT2D eigenvalue weighted by Crippen LogP contribution is 2.30. The maximum absolute atomic E-state index is 12.7. The average Bonchev–Trinajstić information content (AvgIpc) is 3.13. The molecule has 0 saturated heterocycles. The maximum atomic E-state index is 12.7. The van der Waals surface area contributed by atoms with E-state index in [2.05, 4.69) is 61.8 Å². The van der Waals surface area contributed by atoms with Gasteiger partial charge >= 0.3 is 0 Å². The average molecular weight is 711 g/mol. The Labute approximate surface area is 298 Å². The number of aromatic nitrogens is 6. The Bertz CT molecular complexity index is 2270. The van der Waals surface area contributed by atoms with E-state index < -0.39 is 15.0 Å². The fraction of sp³-hybridized carbons (Fsp3) is 0. The summed E-state index contributed by atoms with van der Waals surface area (Å²) in [4.78, 5) is 26.4. The van der Waals surface area contributed by atoms with Gasteiger partial charge in [-0.25, -0.2) is 0 Å². The van der Waals surface area contributed by atoms with Crippen LogP contribution in [0.1, 0.15) is 0 Å². The minimum absolute atomic E-state index is 0.00296. The molecule has 0 aliphatic carbocycles. The Balaban J connectivity index is 1.19. The van der Waals surface area contributed by atoms with Crippen molar-refractivity contribution in [2.45, 2.75) is 4.90 Å². The van der Waals surface area contributed by atoms with E-state index in [1.807, 2.05) is 121 Å². The van der Waals surface area contributed by atoms with Crippen LogP contribution in [0, 0.1) is 0 Å². The Morgan fingerprint density at radius 3 is 0.962 bits per heavy atom. The third-order valence-electron chi connectivity index (χ3n) is 7.15. The number of nitrogens with one attached hydrogen (secondary N) is 6. The fourth-order valence-corrected chi connectivity index (χ4v) is 5.53. The molecule has 7 N–H and O–H groups in total. The standard InChI is InChI=1S/C36H30N12O3S/c49-52(50,51)30-23-28(41-35-45-31(37-24-13-5-1-6-14-24)43-32(46-35)38-25-15-7-2-8-16-25)21-22-29(30)42-36-47-33(39-26-17-9-3-10-18-26)44-34(48-36)40-27-19-11-4-12-20-27/h1-23H,(H,49,50,51)(H3,37,38,41,43,45,46)(H3,39,40,42,44,47,48). The summed E-state index contributed by atoms with van der Waals surface area (Å²) in [6, 6.07) is 41.6. The van der Waals surface area contributed by atoms with E-state index in [0.29, 0.717) is 0 Å². The number of hydrogen-bond acceptors (Lipinski definition) is 14. The third kappa shape index (κ3) is 8.89. The van der Waals surface area contributed by atoms with Crippen LogP contribution in [0.2, 0.25) is 0 Å². The summed E-state index contributed by atoms with van der Waals surface area (Å²) in [5.41, 5.74) is 3.20. The minimum Gasteiger partial charge on any atom is -0.324 e. The predicted octanol–water partition coefficient (Wildman–Crippen LogP) is 7.76. The van der Waals surface area contributed by atoms with E-state index in [4.69, 9.17) is 0 Å². The number of nitrogens with zero attached hydrogens (tertiary/aromatic N) is 6. The van der Waals surface area contributed by atoms with Gasteiger partial charge in [-0.2, -0.15) is 38.3 Å². The van der Waals surface area contributed by atoms with Crippen LogP contribution in [-0.4, -0.2) is 42.9 Å². The third-order valence-corrected chi connectivity index (χ3v) is 8.05.